The highest BCUT2D eigenvalue weighted by Gasteiger charge is 2.44. The summed E-state index contributed by atoms with van der Waals surface area (Å²) in [5, 5.41) is 5.41. The van der Waals surface area contributed by atoms with Gasteiger partial charge in [0.05, 0.1) is 12.5 Å². The number of carbonyl (C=O) groups excluding carboxylic acids is 3. The zero-order chi connectivity index (χ0) is 28.8. The lowest BCUT2D eigenvalue weighted by molar-refractivity contribution is -0.173. The summed E-state index contributed by atoms with van der Waals surface area (Å²) >= 11 is 0. The van der Waals surface area contributed by atoms with E-state index in [9.17, 15) is 27.6 Å². The van der Waals surface area contributed by atoms with E-state index >= 15 is 0 Å². The largest absolute Gasteiger partial charge is 0.471 e. The fraction of sp³-hybridized carbons (Fsp3) is 0.483. The first kappa shape index (κ1) is 28.2. The standard InChI is InChI=1S/C29H34F3N3O4Si/c1-4-19-20-14-23-25(26(36)22(20)16-39-27(19)37)35-15-21-17(7-5-8-18(21)13-24(35)34-23)9-12-40(2,3)11-6-10-33-28(38)29(30,31)32/h5,7-8,13,19,34H,4,6,9-12,14-16H2,1-3H3,(H,33,38)/t19-/m0/s1. The minimum atomic E-state index is -4.85. The summed E-state index contributed by atoms with van der Waals surface area (Å²) in [6.45, 7) is 6.97. The van der Waals surface area contributed by atoms with Gasteiger partial charge in [-0.05, 0) is 47.6 Å². The highest BCUT2D eigenvalue weighted by Crippen LogP contribution is 2.43. The minimum absolute atomic E-state index is 0.0207. The van der Waals surface area contributed by atoms with Crippen LogP contribution in [0.15, 0.2) is 46.6 Å². The van der Waals surface area contributed by atoms with Crippen molar-refractivity contribution >= 4 is 31.8 Å². The molecule has 3 aliphatic heterocycles. The molecule has 1 amide bonds. The van der Waals surface area contributed by atoms with Gasteiger partial charge >= 0.3 is 18.1 Å². The Morgan fingerprint density at radius 3 is 2.73 bits per heavy atom. The molecule has 0 saturated carbocycles. The van der Waals surface area contributed by atoms with E-state index in [2.05, 4.69) is 36.6 Å². The summed E-state index contributed by atoms with van der Waals surface area (Å²) in [4.78, 5) is 39.0. The van der Waals surface area contributed by atoms with Crippen LogP contribution in [0.25, 0.3) is 6.08 Å². The van der Waals surface area contributed by atoms with Gasteiger partial charge in [-0.1, -0.05) is 50.3 Å². The number of esters is 1. The van der Waals surface area contributed by atoms with Gasteiger partial charge in [0.15, 0.2) is 0 Å². The molecule has 1 aliphatic carbocycles. The van der Waals surface area contributed by atoms with Crippen LogP contribution < -0.4 is 10.6 Å². The van der Waals surface area contributed by atoms with Crippen molar-refractivity contribution in [2.75, 3.05) is 13.2 Å². The maximum atomic E-state index is 13.6. The molecule has 0 saturated heterocycles. The van der Waals surface area contributed by atoms with Gasteiger partial charge in [0, 0.05) is 32.3 Å². The van der Waals surface area contributed by atoms with Gasteiger partial charge < -0.3 is 20.3 Å². The van der Waals surface area contributed by atoms with Crippen LogP contribution in [0, 0.1) is 5.92 Å². The van der Waals surface area contributed by atoms with E-state index < -0.39 is 20.2 Å². The molecule has 11 heteroatoms. The predicted molar refractivity (Wildman–Crippen MR) is 146 cm³/mol. The highest BCUT2D eigenvalue weighted by molar-refractivity contribution is 6.77. The second-order valence-electron chi connectivity index (χ2n) is 11.7. The molecule has 0 radical (unpaired) electrons. The Labute approximate surface area is 232 Å². The number of ketones is 1. The number of alkyl halides is 3. The average Bonchev–Trinajstić information content (AvgIpc) is 3.25. The molecular formula is C29H34F3N3O4Si. The quantitative estimate of drug-likeness (QED) is 0.264. The molecule has 1 aromatic rings. The number of benzene rings is 1. The number of allylic oxidation sites excluding steroid dienone is 2. The van der Waals surface area contributed by atoms with Crippen molar-refractivity contribution in [1.29, 1.82) is 0 Å². The molecule has 1 atom stereocenters. The number of carbonyl (C=O) groups is 3. The lowest BCUT2D eigenvalue weighted by Crippen LogP contribution is -2.38. The van der Waals surface area contributed by atoms with Gasteiger partial charge in [-0.2, -0.15) is 13.2 Å². The molecule has 1 aromatic carbocycles. The molecule has 0 fully saturated rings. The van der Waals surface area contributed by atoms with Gasteiger partial charge in [-0.25, -0.2) is 0 Å². The monoisotopic (exact) mass is 573 g/mol. The minimum Gasteiger partial charge on any atom is -0.460 e. The summed E-state index contributed by atoms with van der Waals surface area (Å²) in [5.41, 5.74) is 6.41. The summed E-state index contributed by atoms with van der Waals surface area (Å²) in [5.74, 6) is -1.75. The van der Waals surface area contributed by atoms with Crippen LogP contribution in [0.5, 0.6) is 0 Å². The molecule has 5 rings (SSSR count). The first-order chi connectivity index (χ1) is 18.9. The van der Waals surface area contributed by atoms with Gasteiger partial charge in [0.25, 0.3) is 0 Å². The molecule has 4 aliphatic rings. The summed E-state index contributed by atoms with van der Waals surface area (Å²) in [7, 11) is -1.74. The van der Waals surface area contributed by atoms with E-state index in [0.29, 0.717) is 37.1 Å². The van der Waals surface area contributed by atoms with Crippen LogP contribution in [0.1, 0.15) is 42.9 Å². The number of halogens is 3. The van der Waals surface area contributed by atoms with Crippen LogP contribution in [-0.2, 0) is 32.1 Å². The van der Waals surface area contributed by atoms with Crippen LogP contribution in [-0.4, -0.2) is 50.0 Å². The summed E-state index contributed by atoms with van der Waals surface area (Å²) < 4.78 is 42.6. The molecule has 0 aromatic heterocycles. The normalized spacial score (nSPS) is 20.3. The van der Waals surface area contributed by atoms with E-state index in [-0.39, 0.29) is 30.8 Å². The number of aryl methyl sites for hydroxylation is 1. The van der Waals surface area contributed by atoms with Crippen LogP contribution in [0.4, 0.5) is 13.2 Å². The smallest absolute Gasteiger partial charge is 0.460 e. The third kappa shape index (κ3) is 5.35. The van der Waals surface area contributed by atoms with E-state index in [4.69, 9.17) is 4.74 Å². The van der Waals surface area contributed by atoms with Crippen molar-refractivity contribution < 1.29 is 32.3 Å². The van der Waals surface area contributed by atoms with E-state index in [1.807, 2.05) is 23.2 Å². The second kappa shape index (κ2) is 10.6. The Kier molecular flexibility index (Phi) is 7.45. The van der Waals surface area contributed by atoms with Crippen molar-refractivity contribution in [1.82, 2.24) is 15.5 Å². The van der Waals surface area contributed by atoms with E-state index in [0.717, 1.165) is 46.7 Å². The molecule has 3 heterocycles. The molecule has 2 N–H and O–H groups in total. The van der Waals surface area contributed by atoms with Crippen molar-refractivity contribution in [3.8, 4) is 0 Å². The lowest BCUT2D eigenvalue weighted by Gasteiger charge is -2.32. The van der Waals surface area contributed by atoms with Crippen LogP contribution in [0.3, 0.4) is 0 Å². The van der Waals surface area contributed by atoms with Crippen molar-refractivity contribution in [3.05, 3.63) is 63.3 Å². The second-order valence-corrected chi connectivity index (χ2v) is 17.0. The van der Waals surface area contributed by atoms with Gasteiger partial charge in [0.2, 0.25) is 5.78 Å². The Balaban J connectivity index is 1.26. The first-order valence-corrected chi connectivity index (χ1v) is 17.2. The molecular weight excluding hydrogens is 539 g/mol. The number of hydrogen-bond donors (Lipinski definition) is 2. The molecule has 0 unspecified atom stereocenters. The van der Waals surface area contributed by atoms with Crippen molar-refractivity contribution in [3.63, 3.8) is 0 Å². The van der Waals surface area contributed by atoms with Crippen molar-refractivity contribution in [2.45, 2.75) is 70.5 Å². The number of hydrogen-bond acceptors (Lipinski definition) is 6. The van der Waals surface area contributed by atoms with Gasteiger partial charge in [-0.15, -0.1) is 0 Å². The Hall–Kier alpha value is -3.34. The van der Waals surface area contributed by atoms with E-state index in [1.54, 1.807) is 0 Å². The third-order valence-corrected chi connectivity index (χ3v) is 11.7. The van der Waals surface area contributed by atoms with Crippen LogP contribution in [0.2, 0.25) is 25.2 Å². The van der Waals surface area contributed by atoms with Crippen LogP contribution >= 0.6 is 0 Å². The van der Waals surface area contributed by atoms with Gasteiger partial charge in [-0.3, -0.25) is 14.4 Å². The van der Waals surface area contributed by atoms with Gasteiger partial charge in [0.1, 0.15) is 18.1 Å². The Bertz CT molecular complexity index is 1360. The number of rotatable bonds is 8. The number of nitrogens with zero attached hydrogens (tertiary/aromatic N) is 1. The third-order valence-electron chi connectivity index (χ3n) is 8.40. The fourth-order valence-electron chi connectivity index (χ4n) is 6.10. The number of Topliss-reactive ketones (excluding diaryl/α,β-unsaturated/α-hetero) is 1. The molecule has 7 nitrogen and oxygen atoms in total. The highest BCUT2D eigenvalue weighted by atomic mass is 28.3. The number of nitrogens with one attached hydrogen (secondary N) is 2. The number of fused-ring (bicyclic) bond motifs is 3. The molecule has 0 spiro atoms. The van der Waals surface area contributed by atoms with Crippen molar-refractivity contribution in [2.24, 2.45) is 5.92 Å². The average molecular weight is 574 g/mol. The Morgan fingerprint density at radius 1 is 1.23 bits per heavy atom. The number of cyclic esters (lactones) is 1. The zero-order valence-electron chi connectivity index (χ0n) is 23.0. The Morgan fingerprint density at radius 2 is 2.00 bits per heavy atom. The maximum absolute atomic E-state index is 13.6. The topological polar surface area (TPSA) is 87.7 Å². The number of ether oxygens (including phenoxy) is 1. The summed E-state index contributed by atoms with van der Waals surface area (Å²) in [6, 6.07) is 7.98. The molecule has 40 heavy (non-hydrogen) atoms. The first-order valence-electron chi connectivity index (χ1n) is 13.8. The molecule has 214 valence electrons. The predicted octanol–water partition coefficient (Wildman–Crippen LogP) is 4.79. The maximum Gasteiger partial charge on any atom is 0.471 e. The number of amides is 1. The lowest BCUT2D eigenvalue weighted by atomic mass is 9.81. The zero-order valence-corrected chi connectivity index (χ0v) is 24.0. The SMILES string of the molecule is CC[C@@H]1C(=O)OCC2=C1CC1=C(C2=O)N2Cc3c(cccc3CC[Si](C)(C)CCCNC(=O)C(F)(F)F)C=C2N1. The van der Waals surface area contributed by atoms with E-state index in [1.165, 1.54) is 5.56 Å². The fourth-order valence-corrected chi connectivity index (χ4v) is 8.43. The molecule has 0 bridgehead atoms. The summed E-state index contributed by atoms with van der Waals surface area (Å²) in [6.07, 6.45) is -0.299.